The molecular weight excluding hydrogens is 402 g/mol. The summed E-state index contributed by atoms with van der Waals surface area (Å²) in [5.74, 6) is 0.840. The second-order valence-electron chi connectivity index (χ2n) is 4.63. The molecule has 0 bridgehead atoms. The maximum absolute atomic E-state index is 6.01. The van der Waals surface area contributed by atoms with E-state index < -0.39 is 0 Å². The number of rotatable bonds is 6. The summed E-state index contributed by atoms with van der Waals surface area (Å²) in [6.45, 7) is 2.69. The molecule has 20 heavy (non-hydrogen) atoms. The zero-order valence-electron chi connectivity index (χ0n) is 11.2. The molecular formula is C15H17Br2NOS. The van der Waals surface area contributed by atoms with Gasteiger partial charge in [-0.25, -0.2) is 0 Å². The molecule has 0 saturated carbocycles. The smallest absolute Gasteiger partial charge is 0.148 e. The topological polar surface area (TPSA) is 35.2 Å². The van der Waals surface area contributed by atoms with Crippen LogP contribution >= 0.6 is 43.2 Å². The van der Waals surface area contributed by atoms with Crippen molar-refractivity contribution in [1.82, 2.24) is 0 Å². The highest BCUT2D eigenvalue weighted by molar-refractivity contribution is 9.11. The van der Waals surface area contributed by atoms with Crippen molar-refractivity contribution in [3.63, 3.8) is 0 Å². The van der Waals surface area contributed by atoms with E-state index in [1.807, 2.05) is 6.07 Å². The molecule has 2 rings (SSSR count). The molecule has 0 aliphatic rings. The van der Waals surface area contributed by atoms with Crippen LogP contribution < -0.4 is 10.5 Å². The van der Waals surface area contributed by atoms with Crippen LogP contribution in [-0.2, 0) is 13.0 Å². The van der Waals surface area contributed by atoms with Crippen LogP contribution in [0.1, 0.15) is 23.8 Å². The molecule has 1 heterocycles. The number of hydrogen-bond acceptors (Lipinski definition) is 3. The minimum absolute atomic E-state index is 0.201. The molecule has 1 aromatic carbocycles. The van der Waals surface area contributed by atoms with Crippen molar-refractivity contribution in [2.75, 3.05) is 0 Å². The van der Waals surface area contributed by atoms with Crippen LogP contribution in [0.4, 0.5) is 0 Å². The highest BCUT2D eigenvalue weighted by atomic mass is 79.9. The Bertz CT molecular complexity index is 534. The Balaban J connectivity index is 2.10. The molecule has 0 spiro atoms. The maximum Gasteiger partial charge on any atom is 0.148 e. The van der Waals surface area contributed by atoms with Crippen molar-refractivity contribution in [2.24, 2.45) is 5.73 Å². The quantitative estimate of drug-likeness (QED) is 0.705. The van der Waals surface area contributed by atoms with Crippen LogP contribution in [0.5, 0.6) is 5.75 Å². The lowest BCUT2D eigenvalue weighted by atomic mass is 10.0. The first-order chi connectivity index (χ1) is 9.60. The van der Waals surface area contributed by atoms with E-state index in [1.165, 1.54) is 10.4 Å². The fraction of sp³-hybridized carbons (Fsp3) is 0.333. The van der Waals surface area contributed by atoms with Crippen molar-refractivity contribution < 1.29 is 4.74 Å². The van der Waals surface area contributed by atoms with Gasteiger partial charge in [-0.05, 0) is 73.8 Å². The first-order valence-electron chi connectivity index (χ1n) is 6.48. The fourth-order valence-corrected chi connectivity index (χ4v) is 3.98. The van der Waals surface area contributed by atoms with Crippen molar-refractivity contribution in [3.05, 3.63) is 49.0 Å². The van der Waals surface area contributed by atoms with E-state index in [1.54, 1.807) is 11.3 Å². The number of hydrogen-bond donors (Lipinski definition) is 1. The number of thiophene rings is 1. The summed E-state index contributed by atoms with van der Waals surface area (Å²) in [6, 6.07) is 8.48. The number of nitrogens with two attached hydrogens (primary N) is 1. The Morgan fingerprint density at radius 3 is 2.55 bits per heavy atom. The van der Waals surface area contributed by atoms with Crippen LogP contribution in [0, 0.1) is 0 Å². The lowest BCUT2D eigenvalue weighted by Gasteiger charge is -2.14. The van der Waals surface area contributed by atoms with Gasteiger partial charge < -0.3 is 10.5 Å². The largest absolute Gasteiger partial charge is 0.486 e. The van der Waals surface area contributed by atoms with Gasteiger partial charge in [-0.1, -0.05) is 13.0 Å². The van der Waals surface area contributed by atoms with Crippen molar-refractivity contribution in [2.45, 2.75) is 32.4 Å². The molecule has 0 aliphatic carbocycles. The summed E-state index contributed by atoms with van der Waals surface area (Å²) in [7, 11) is 0. The van der Waals surface area contributed by atoms with Gasteiger partial charge in [0.05, 0.1) is 8.95 Å². The SMILES string of the molecule is CCC(N)Cc1cc(Br)c(OCc2cccs2)c(Br)c1. The molecule has 2 N–H and O–H groups in total. The third-order valence-electron chi connectivity index (χ3n) is 3.02. The average Bonchev–Trinajstić information content (AvgIpc) is 2.90. The molecule has 5 heteroatoms. The Morgan fingerprint density at radius 2 is 2.00 bits per heavy atom. The van der Waals surface area contributed by atoms with Gasteiger partial charge in [0.2, 0.25) is 0 Å². The van der Waals surface area contributed by atoms with Gasteiger partial charge in [-0.15, -0.1) is 11.3 Å². The van der Waals surface area contributed by atoms with Gasteiger partial charge >= 0.3 is 0 Å². The van der Waals surface area contributed by atoms with Crippen molar-refractivity contribution in [1.29, 1.82) is 0 Å². The first-order valence-corrected chi connectivity index (χ1v) is 8.95. The first kappa shape index (κ1) is 16.0. The minimum atomic E-state index is 0.201. The van der Waals surface area contributed by atoms with E-state index in [4.69, 9.17) is 10.5 Å². The summed E-state index contributed by atoms with van der Waals surface area (Å²) in [5, 5.41) is 2.05. The third kappa shape index (κ3) is 4.32. The Kier molecular flexibility index (Phi) is 6.08. The van der Waals surface area contributed by atoms with Crippen LogP contribution in [0.25, 0.3) is 0 Å². The predicted molar refractivity (Wildman–Crippen MR) is 92.5 cm³/mol. The third-order valence-corrected chi connectivity index (χ3v) is 5.05. The molecule has 0 radical (unpaired) electrons. The molecule has 0 amide bonds. The van der Waals surface area contributed by atoms with E-state index in [2.05, 4.69) is 62.4 Å². The van der Waals surface area contributed by atoms with Crippen molar-refractivity contribution >= 4 is 43.2 Å². The van der Waals surface area contributed by atoms with Crippen LogP contribution in [0.15, 0.2) is 38.6 Å². The van der Waals surface area contributed by atoms with E-state index in [0.29, 0.717) is 6.61 Å². The molecule has 1 unspecified atom stereocenters. The van der Waals surface area contributed by atoms with Gasteiger partial charge in [0, 0.05) is 10.9 Å². The van der Waals surface area contributed by atoms with Gasteiger partial charge in [-0.2, -0.15) is 0 Å². The summed E-state index contributed by atoms with van der Waals surface area (Å²) in [4.78, 5) is 1.21. The Labute approximate surface area is 140 Å². The maximum atomic E-state index is 6.01. The summed E-state index contributed by atoms with van der Waals surface area (Å²) in [5.41, 5.74) is 7.22. The van der Waals surface area contributed by atoms with Crippen LogP contribution in [0.3, 0.4) is 0 Å². The fourth-order valence-electron chi connectivity index (χ4n) is 1.85. The van der Waals surface area contributed by atoms with E-state index >= 15 is 0 Å². The molecule has 0 aliphatic heterocycles. The second kappa shape index (κ2) is 7.59. The number of halogens is 2. The lowest BCUT2D eigenvalue weighted by Crippen LogP contribution is -2.21. The molecule has 1 atom stereocenters. The van der Waals surface area contributed by atoms with E-state index in [9.17, 15) is 0 Å². The van der Waals surface area contributed by atoms with Crippen molar-refractivity contribution in [3.8, 4) is 5.75 Å². The zero-order valence-corrected chi connectivity index (χ0v) is 15.2. The minimum Gasteiger partial charge on any atom is -0.486 e. The monoisotopic (exact) mass is 417 g/mol. The highest BCUT2D eigenvalue weighted by Crippen LogP contribution is 2.35. The standard InChI is InChI=1S/C15H17Br2NOS/c1-2-11(18)6-10-7-13(16)15(14(17)8-10)19-9-12-4-3-5-20-12/h3-5,7-8,11H,2,6,9,18H2,1H3. The summed E-state index contributed by atoms with van der Waals surface area (Å²) < 4.78 is 7.80. The summed E-state index contributed by atoms with van der Waals surface area (Å²) >= 11 is 8.86. The highest BCUT2D eigenvalue weighted by Gasteiger charge is 2.11. The number of benzene rings is 1. The average molecular weight is 419 g/mol. The molecule has 2 nitrogen and oxygen atoms in total. The Hall–Kier alpha value is -0.360. The van der Waals surface area contributed by atoms with Crippen LogP contribution in [-0.4, -0.2) is 6.04 Å². The van der Waals surface area contributed by atoms with Gasteiger partial charge in [0.1, 0.15) is 12.4 Å². The normalized spacial score (nSPS) is 12.4. The zero-order chi connectivity index (χ0) is 14.5. The van der Waals surface area contributed by atoms with Gasteiger partial charge in [0.15, 0.2) is 0 Å². The summed E-state index contributed by atoms with van der Waals surface area (Å²) in [6.07, 6.45) is 1.85. The molecule has 108 valence electrons. The Morgan fingerprint density at radius 1 is 1.30 bits per heavy atom. The second-order valence-corrected chi connectivity index (χ2v) is 7.37. The molecule has 1 aromatic heterocycles. The van der Waals surface area contributed by atoms with Gasteiger partial charge in [-0.3, -0.25) is 0 Å². The molecule has 2 aromatic rings. The van der Waals surface area contributed by atoms with E-state index in [-0.39, 0.29) is 6.04 Å². The molecule has 0 fully saturated rings. The predicted octanol–water partition coefficient (Wildman–Crippen LogP) is 5.13. The van der Waals surface area contributed by atoms with Gasteiger partial charge in [0.25, 0.3) is 0 Å². The van der Waals surface area contributed by atoms with Crippen LogP contribution in [0.2, 0.25) is 0 Å². The van der Waals surface area contributed by atoms with E-state index in [0.717, 1.165) is 27.5 Å². The lowest BCUT2D eigenvalue weighted by molar-refractivity contribution is 0.305. The number of ether oxygens (including phenoxy) is 1. The molecule has 0 saturated heterocycles.